The minimum absolute atomic E-state index is 0.0908. The van der Waals surface area contributed by atoms with E-state index in [1.165, 1.54) is 0 Å². The van der Waals surface area contributed by atoms with Gasteiger partial charge >= 0.3 is 0 Å². The molecule has 0 atom stereocenters. The Kier molecular flexibility index (Phi) is 1.62. The van der Waals surface area contributed by atoms with E-state index < -0.39 is 0 Å². The van der Waals surface area contributed by atoms with Crippen molar-refractivity contribution in [2.24, 2.45) is 4.99 Å². The minimum atomic E-state index is -0.0908. The van der Waals surface area contributed by atoms with Gasteiger partial charge in [-0.1, -0.05) is 12.7 Å². The molecule has 0 aromatic rings. The number of hydrogen-bond donors (Lipinski definition) is 1. The second kappa shape index (κ2) is 2.29. The van der Waals surface area contributed by atoms with Gasteiger partial charge in [0.2, 0.25) is 0 Å². The lowest BCUT2D eigenvalue weighted by Gasteiger charge is -2.10. The summed E-state index contributed by atoms with van der Waals surface area (Å²) in [7, 11) is 0. The van der Waals surface area contributed by atoms with Gasteiger partial charge in [-0.05, 0) is 19.9 Å². The smallest absolute Gasteiger partial charge is 0.0878 e. The van der Waals surface area contributed by atoms with Crippen molar-refractivity contribution in [3.05, 3.63) is 24.4 Å². The van der Waals surface area contributed by atoms with Gasteiger partial charge in [-0.25, -0.2) is 0 Å². The summed E-state index contributed by atoms with van der Waals surface area (Å²) in [6, 6.07) is 0. The van der Waals surface area contributed by atoms with Crippen LogP contribution >= 0.6 is 0 Å². The molecule has 1 heterocycles. The van der Waals surface area contributed by atoms with E-state index in [1.54, 1.807) is 6.34 Å². The Bertz CT molecular complexity index is 199. The Morgan fingerprint density at radius 2 is 2.30 bits per heavy atom. The van der Waals surface area contributed by atoms with Gasteiger partial charge in [-0.3, -0.25) is 4.99 Å². The van der Waals surface area contributed by atoms with Gasteiger partial charge < -0.3 is 5.32 Å². The van der Waals surface area contributed by atoms with Crippen molar-refractivity contribution in [2.75, 3.05) is 0 Å². The van der Waals surface area contributed by atoms with Crippen LogP contribution in [0.15, 0.2) is 29.4 Å². The third-order valence-corrected chi connectivity index (χ3v) is 1.34. The average Bonchev–Trinajstić information content (AvgIpc) is 1.94. The Balaban J connectivity index is 2.84. The van der Waals surface area contributed by atoms with Gasteiger partial charge in [0.1, 0.15) is 0 Å². The summed E-state index contributed by atoms with van der Waals surface area (Å²) in [6.45, 7) is 7.83. The molecule has 0 unspecified atom stereocenters. The van der Waals surface area contributed by atoms with Gasteiger partial charge in [0.05, 0.1) is 11.9 Å². The summed E-state index contributed by atoms with van der Waals surface area (Å²) < 4.78 is 0. The molecular weight excluding hydrogens is 124 g/mol. The lowest BCUT2D eigenvalue weighted by atomic mass is 10.1. The predicted octanol–water partition coefficient (Wildman–Crippen LogP) is 1.47. The zero-order valence-electron chi connectivity index (χ0n) is 6.39. The van der Waals surface area contributed by atoms with Crippen LogP contribution in [-0.4, -0.2) is 11.9 Å². The Morgan fingerprint density at radius 3 is 3.00 bits per heavy atom. The quantitative estimate of drug-likeness (QED) is 0.535. The van der Waals surface area contributed by atoms with Gasteiger partial charge in [-0.2, -0.15) is 0 Å². The second-order valence-electron chi connectivity index (χ2n) is 2.91. The lowest BCUT2D eigenvalue weighted by molar-refractivity contribution is 0.661. The molecule has 10 heavy (non-hydrogen) atoms. The highest BCUT2D eigenvalue weighted by atomic mass is 15.0. The molecule has 1 N–H and O–H groups in total. The highest BCUT2D eigenvalue weighted by Crippen LogP contribution is 2.12. The zero-order chi connectivity index (χ0) is 7.61. The fraction of sp³-hybridized carbons (Fsp3) is 0.375. The van der Waals surface area contributed by atoms with E-state index in [2.05, 4.69) is 16.9 Å². The van der Waals surface area contributed by atoms with Gasteiger partial charge in [-0.15, -0.1) is 0 Å². The van der Waals surface area contributed by atoms with E-state index in [9.17, 15) is 0 Å². The van der Waals surface area contributed by atoms with Crippen molar-refractivity contribution in [3.63, 3.8) is 0 Å². The highest BCUT2D eigenvalue weighted by Gasteiger charge is 2.11. The molecule has 2 nitrogen and oxygen atoms in total. The molecule has 1 aliphatic rings. The number of aliphatic imine (C=N–C) groups is 1. The van der Waals surface area contributed by atoms with Gasteiger partial charge in [0, 0.05) is 5.70 Å². The van der Waals surface area contributed by atoms with Crippen molar-refractivity contribution in [3.8, 4) is 0 Å². The maximum absolute atomic E-state index is 4.22. The van der Waals surface area contributed by atoms with E-state index in [0.717, 1.165) is 5.70 Å². The van der Waals surface area contributed by atoms with Crippen molar-refractivity contribution >= 4 is 6.34 Å². The van der Waals surface area contributed by atoms with Crippen LogP contribution in [0.25, 0.3) is 0 Å². The second-order valence-corrected chi connectivity index (χ2v) is 2.91. The summed E-state index contributed by atoms with van der Waals surface area (Å²) in [4.78, 5) is 4.22. The topological polar surface area (TPSA) is 24.4 Å². The van der Waals surface area contributed by atoms with E-state index in [4.69, 9.17) is 0 Å². The molecule has 0 aliphatic carbocycles. The summed E-state index contributed by atoms with van der Waals surface area (Å²) in [5.41, 5.74) is 0.793. The fourth-order valence-electron chi connectivity index (χ4n) is 0.677. The number of nitrogens with zero attached hydrogens (tertiary/aromatic N) is 1. The highest BCUT2D eigenvalue weighted by molar-refractivity contribution is 5.60. The van der Waals surface area contributed by atoms with Crippen molar-refractivity contribution in [1.29, 1.82) is 0 Å². The van der Waals surface area contributed by atoms with Crippen LogP contribution in [0, 0.1) is 0 Å². The third kappa shape index (κ3) is 1.72. The molecule has 0 bridgehead atoms. The molecule has 0 aromatic carbocycles. The van der Waals surface area contributed by atoms with Crippen LogP contribution in [0.5, 0.6) is 0 Å². The van der Waals surface area contributed by atoms with Crippen LogP contribution in [0.1, 0.15) is 13.8 Å². The maximum atomic E-state index is 4.22. The first kappa shape index (κ1) is 7.06. The number of nitrogens with one attached hydrogen (secondary N) is 1. The number of rotatable bonds is 0. The fourth-order valence-corrected chi connectivity index (χ4v) is 0.677. The Labute approximate surface area is 61.4 Å². The molecule has 0 radical (unpaired) electrons. The molecule has 2 heteroatoms. The lowest BCUT2D eigenvalue weighted by Crippen LogP contribution is -2.12. The molecular formula is C8H12N2. The van der Waals surface area contributed by atoms with Gasteiger partial charge in [0.15, 0.2) is 0 Å². The molecule has 0 saturated heterocycles. The first-order chi connectivity index (χ1) is 4.60. The zero-order valence-corrected chi connectivity index (χ0v) is 6.39. The first-order valence-corrected chi connectivity index (χ1v) is 3.28. The van der Waals surface area contributed by atoms with Crippen molar-refractivity contribution < 1.29 is 0 Å². The van der Waals surface area contributed by atoms with E-state index in [1.807, 2.05) is 26.0 Å². The van der Waals surface area contributed by atoms with E-state index in [0.29, 0.717) is 0 Å². The number of allylic oxidation sites excluding steroid dienone is 1. The SMILES string of the molecule is C=C1C=CC(C)(C)N=CN1. The molecule has 0 spiro atoms. The van der Waals surface area contributed by atoms with Crippen molar-refractivity contribution in [2.45, 2.75) is 19.4 Å². The van der Waals surface area contributed by atoms with E-state index >= 15 is 0 Å². The van der Waals surface area contributed by atoms with Crippen LogP contribution in [0.4, 0.5) is 0 Å². The molecule has 0 saturated carbocycles. The molecule has 54 valence electrons. The minimum Gasteiger partial charge on any atom is -0.347 e. The summed E-state index contributed by atoms with van der Waals surface area (Å²) in [5.74, 6) is 0. The monoisotopic (exact) mass is 136 g/mol. The van der Waals surface area contributed by atoms with Crippen LogP contribution in [0.2, 0.25) is 0 Å². The molecule has 1 rings (SSSR count). The average molecular weight is 136 g/mol. The standard InChI is InChI=1S/C8H12N2/c1-7-4-5-8(2,3)10-6-9-7/h4-6H,1H2,2-3H3,(H,9,10). The summed E-state index contributed by atoms with van der Waals surface area (Å²) in [6.07, 6.45) is 5.64. The molecule has 1 aliphatic heterocycles. The van der Waals surface area contributed by atoms with Crippen LogP contribution in [0.3, 0.4) is 0 Å². The molecule has 0 amide bonds. The first-order valence-electron chi connectivity index (χ1n) is 3.28. The molecule has 0 aromatic heterocycles. The Morgan fingerprint density at radius 1 is 1.60 bits per heavy atom. The third-order valence-electron chi connectivity index (χ3n) is 1.34. The van der Waals surface area contributed by atoms with Gasteiger partial charge in [0.25, 0.3) is 0 Å². The van der Waals surface area contributed by atoms with Crippen LogP contribution in [-0.2, 0) is 0 Å². The predicted molar refractivity (Wildman–Crippen MR) is 44.0 cm³/mol. The van der Waals surface area contributed by atoms with Crippen molar-refractivity contribution in [1.82, 2.24) is 5.32 Å². The number of hydrogen-bond acceptors (Lipinski definition) is 2. The summed E-state index contributed by atoms with van der Waals surface area (Å²) in [5, 5.41) is 2.93. The largest absolute Gasteiger partial charge is 0.347 e. The molecule has 0 fully saturated rings. The van der Waals surface area contributed by atoms with E-state index in [-0.39, 0.29) is 5.54 Å². The Hall–Kier alpha value is -1.05. The van der Waals surface area contributed by atoms with Crippen LogP contribution < -0.4 is 5.32 Å². The maximum Gasteiger partial charge on any atom is 0.0878 e. The normalized spacial score (nSPS) is 22.0. The summed E-state index contributed by atoms with van der Waals surface area (Å²) >= 11 is 0.